The molecule has 3 heterocycles. The van der Waals surface area contributed by atoms with Gasteiger partial charge in [0.25, 0.3) is 0 Å². The molecule has 9 heteroatoms. The molecular formula is C21H27N5O4. The smallest absolute Gasteiger partial charge is 0.227 e. The maximum Gasteiger partial charge on any atom is 0.227 e. The number of nitrogens with one attached hydrogen (secondary N) is 1. The van der Waals surface area contributed by atoms with E-state index in [1.165, 1.54) is 6.92 Å². The van der Waals surface area contributed by atoms with Gasteiger partial charge in [0, 0.05) is 51.1 Å². The van der Waals surface area contributed by atoms with Crippen molar-refractivity contribution in [3.63, 3.8) is 0 Å². The monoisotopic (exact) mass is 413 g/mol. The molecule has 1 aromatic heterocycles. The van der Waals surface area contributed by atoms with Crippen molar-refractivity contribution in [1.82, 2.24) is 19.6 Å². The Kier molecular flexibility index (Phi) is 5.23. The quantitative estimate of drug-likeness (QED) is 0.772. The lowest BCUT2D eigenvalue weighted by atomic mass is 9.90. The van der Waals surface area contributed by atoms with Crippen molar-refractivity contribution in [2.45, 2.75) is 38.3 Å². The number of hydrogen-bond acceptors (Lipinski definition) is 5. The number of fused-ring (bicyclic) bond motifs is 1. The van der Waals surface area contributed by atoms with Gasteiger partial charge in [0.1, 0.15) is 0 Å². The average Bonchev–Trinajstić information content (AvgIpc) is 3.24. The number of aliphatic hydroxyl groups is 1. The maximum absolute atomic E-state index is 12.7. The van der Waals surface area contributed by atoms with Gasteiger partial charge < -0.3 is 20.2 Å². The third kappa shape index (κ3) is 4.02. The van der Waals surface area contributed by atoms with E-state index < -0.39 is 5.60 Å². The number of piperidine rings is 1. The fourth-order valence-corrected chi connectivity index (χ4v) is 4.34. The van der Waals surface area contributed by atoms with Crippen LogP contribution in [0.5, 0.6) is 0 Å². The minimum Gasteiger partial charge on any atom is -0.388 e. The summed E-state index contributed by atoms with van der Waals surface area (Å²) in [5.74, 6) is -0.424. The third-order valence-electron chi connectivity index (χ3n) is 6.11. The average molecular weight is 413 g/mol. The summed E-state index contributed by atoms with van der Waals surface area (Å²) in [7, 11) is 1.72. The van der Waals surface area contributed by atoms with Crippen molar-refractivity contribution < 1.29 is 19.5 Å². The summed E-state index contributed by atoms with van der Waals surface area (Å²) in [4.78, 5) is 39.2. The summed E-state index contributed by atoms with van der Waals surface area (Å²) in [6, 6.07) is 5.55. The molecule has 4 rings (SSSR count). The predicted octanol–water partition coefficient (Wildman–Crippen LogP) is 0.826. The Morgan fingerprint density at radius 2 is 2.03 bits per heavy atom. The number of nitrogens with zero attached hydrogens (tertiary/aromatic N) is 4. The first-order valence-corrected chi connectivity index (χ1v) is 10.2. The van der Waals surface area contributed by atoms with Crippen LogP contribution in [0.1, 0.15) is 26.2 Å². The second-order valence-corrected chi connectivity index (χ2v) is 8.48. The molecule has 2 aromatic rings. The molecule has 0 radical (unpaired) electrons. The molecule has 1 atom stereocenters. The van der Waals surface area contributed by atoms with E-state index in [1.807, 2.05) is 18.2 Å². The Morgan fingerprint density at radius 1 is 1.30 bits per heavy atom. The van der Waals surface area contributed by atoms with Crippen LogP contribution >= 0.6 is 0 Å². The summed E-state index contributed by atoms with van der Waals surface area (Å²) < 4.78 is 1.75. The zero-order chi connectivity index (χ0) is 21.5. The Labute approximate surface area is 174 Å². The molecule has 2 aliphatic heterocycles. The summed E-state index contributed by atoms with van der Waals surface area (Å²) in [5.41, 5.74) is 0.545. The van der Waals surface area contributed by atoms with E-state index in [2.05, 4.69) is 10.4 Å². The molecule has 2 N–H and O–H groups in total. The van der Waals surface area contributed by atoms with E-state index >= 15 is 0 Å². The largest absolute Gasteiger partial charge is 0.388 e. The van der Waals surface area contributed by atoms with Crippen molar-refractivity contribution in [3.8, 4) is 0 Å². The lowest BCUT2D eigenvalue weighted by Gasteiger charge is -2.39. The lowest BCUT2D eigenvalue weighted by Crippen LogP contribution is -2.50. The topological polar surface area (TPSA) is 108 Å². The van der Waals surface area contributed by atoms with Crippen molar-refractivity contribution >= 4 is 34.3 Å². The highest BCUT2D eigenvalue weighted by Gasteiger charge is 2.39. The Balaban J connectivity index is 1.42. The van der Waals surface area contributed by atoms with Crippen LogP contribution in [0, 0.1) is 5.92 Å². The van der Waals surface area contributed by atoms with Crippen LogP contribution in [-0.2, 0) is 20.9 Å². The van der Waals surface area contributed by atoms with Crippen LogP contribution in [0.15, 0.2) is 24.4 Å². The van der Waals surface area contributed by atoms with Gasteiger partial charge in [-0.25, -0.2) is 0 Å². The van der Waals surface area contributed by atoms with Gasteiger partial charge in [0.15, 0.2) is 0 Å². The van der Waals surface area contributed by atoms with Crippen LogP contribution in [-0.4, -0.2) is 74.7 Å². The number of benzene rings is 1. The summed E-state index contributed by atoms with van der Waals surface area (Å²) >= 11 is 0. The van der Waals surface area contributed by atoms with E-state index in [1.54, 1.807) is 27.7 Å². The first kappa shape index (κ1) is 20.3. The molecule has 3 amide bonds. The fraction of sp³-hybridized carbons (Fsp3) is 0.524. The standard InChI is InChI=1S/C21H27N5O4/c1-14(27)23-17-4-3-15-11-22-26(18(15)10-17)13-21(30)5-7-25(8-6-21)20(29)16-9-19(28)24(2)12-16/h3-4,10-11,16,30H,5-9,12-13H2,1-2H3,(H,23,27). The predicted molar refractivity (Wildman–Crippen MR) is 111 cm³/mol. The normalized spacial score (nSPS) is 21.3. The van der Waals surface area contributed by atoms with Gasteiger partial charge in [-0.05, 0) is 31.0 Å². The zero-order valence-corrected chi connectivity index (χ0v) is 17.3. The van der Waals surface area contributed by atoms with Crippen LogP contribution in [0.3, 0.4) is 0 Å². The van der Waals surface area contributed by atoms with Crippen molar-refractivity contribution in [1.29, 1.82) is 0 Å². The number of aromatic nitrogens is 2. The number of anilines is 1. The second kappa shape index (κ2) is 7.71. The molecule has 160 valence electrons. The molecule has 0 spiro atoms. The molecule has 0 aliphatic carbocycles. The van der Waals surface area contributed by atoms with Gasteiger partial charge in [-0.3, -0.25) is 19.1 Å². The minimum absolute atomic E-state index is 0.000706. The molecule has 9 nitrogen and oxygen atoms in total. The highest BCUT2D eigenvalue weighted by molar-refractivity contribution is 5.92. The second-order valence-electron chi connectivity index (χ2n) is 8.48. The third-order valence-corrected chi connectivity index (χ3v) is 6.11. The van der Waals surface area contributed by atoms with Crippen LogP contribution in [0.2, 0.25) is 0 Å². The Bertz CT molecular complexity index is 992. The first-order valence-electron chi connectivity index (χ1n) is 10.2. The maximum atomic E-state index is 12.7. The SMILES string of the molecule is CC(=O)Nc1ccc2cnn(CC3(O)CCN(C(=O)C4CC(=O)N(C)C4)CC3)c2c1. The van der Waals surface area contributed by atoms with Crippen LogP contribution in [0.25, 0.3) is 10.9 Å². The van der Waals surface area contributed by atoms with Crippen LogP contribution < -0.4 is 5.32 Å². The minimum atomic E-state index is -0.970. The number of carbonyl (C=O) groups is 3. The number of rotatable bonds is 4. The molecule has 0 saturated carbocycles. The van der Waals surface area contributed by atoms with E-state index in [0.717, 1.165) is 10.9 Å². The number of hydrogen-bond donors (Lipinski definition) is 2. The number of likely N-dealkylation sites (tertiary alicyclic amines) is 2. The van der Waals surface area contributed by atoms with E-state index in [-0.39, 0.29) is 30.1 Å². The van der Waals surface area contributed by atoms with Crippen molar-refractivity contribution in [2.75, 3.05) is 32.0 Å². The molecule has 2 fully saturated rings. The Hall–Kier alpha value is -2.94. The van der Waals surface area contributed by atoms with Gasteiger partial charge >= 0.3 is 0 Å². The molecule has 1 aromatic carbocycles. The van der Waals surface area contributed by atoms with Gasteiger partial charge in [-0.1, -0.05) is 0 Å². The van der Waals surface area contributed by atoms with E-state index in [0.29, 0.717) is 44.7 Å². The summed E-state index contributed by atoms with van der Waals surface area (Å²) in [5, 5.41) is 19.2. The zero-order valence-electron chi connectivity index (χ0n) is 17.3. The molecule has 2 saturated heterocycles. The van der Waals surface area contributed by atoms with Gasteiger partial charge in [-0.2, -0.15) is 5.10 Å². The molecule has 2 aliphatic rings. The number of carbonyl (C=O) groups excluding carboxylic acids is 3. The van der Waals surface area contributed by atoms with Gasteiger partial charge in [0.2, 0.25) is 17.7 Å². The van der Waals surface area contributed by atoms with E-state index in [4.69, 9.17) is 0 Å². The van der Waals surface area contributed by atoms with E-state index in [9.17, 15) is 19.5 Å². The molecule has 1 unspecified atom stereocenters. The van der Waals surface area contributed by atoms with Crippen molar-refractivity contribution in [3.05, 3.63) is 24.4 Å². The fourth-order valence-electron chi connectivity index (χ4n) is 4.34. The number of amides is 3. The summed E-state index contributed by atoms with van der Waals surface area (Å²) in [6.07, 6.45) is 2.90. The molecule has 0 bridgehead atoms. The first-order chi connectivity index (χ1) is 14.2. The highest BCUT2D eigenvalue weighted by Crippen LogP contribution is 2.29. The van der Waals surface area contributed by atoms with Gasteiger partial charge in [-0.15, -0.1) is 0 Å². The van der Waals surface area contributed by atoms with Crippen molar-refractivity contribution in [2.24, 2.45) is 5.92 Å². The highest BCUT2D eigenvalue weighted by atomic mass is 16.3. The summed E-state index contributed by atoms with van der Waals surface area (Å²) in [6.45, 7) is 3.15. The molecular weight excluding hydrogens is 386 g/mol. The molecule has 30 heavy (non-hydrogen) atoms. The van der Waals surface area contributed by atoms with Crippen LogP contribution in [0.4, 0.5) is 5.69 Å². The lowest BCUT2D eigenvalue weighted by molar-refractivity contribution is -0.140. The van der Waals surface area contributed by atoms with Gasteiger partial charge in [0.05, 0.1) is 29.8 Å². The Morgan fingerprint density at radius 3 is 2.67 bits per heavy atom.